The standard InChI is InChI=1S/C18H27FO2S/c1-3-5-10-18(11-6-4-2)12-9-15-13-16(19)7-8-17(15)22(20,21)14-18/h7-8,13H,3-6,9-12,14H2,1-2H3. The van der Waals surface area contributed by atoms with Crippen molar-refractivity contribution in [1.82, 2.24) is 0 Å². The van der Waals surface area contributed by atoms with Gasteiger partial charge in [-0.3, -0.25) is 0 Å². The molecule has 4 heteroatoms. The van der Waals surface area contributed by atoms with Crippen LogP contribution in [-0.4, -0.2) is 14.2 Å². The molecule has 0 saturated heterocycles. The first-order chi connectivity index (χ1) is 10.4. The van der Waals surface area contributed by atoms with Crippen LogP contribution in [0.5, 0.6) is 0 Å². The minimum atomic E-state index is -3.33. The molecule has 0 bridgehead atoms. The highest BCUT2D eigenvalue weighted by molar-refractivity contribution is 7.91. The summed E-state index contributed by atoms with van der Waals surface area (Å²) >= 11 is 0. The van der Waals surface area contributed by atoms with Crippen molar-refractivity contribution >= 4 is 9.84 Å². The molecule has 1 heterocycles. The SMILES string of the molecule is CCCCC1(CCCC)CCc2cc(F)ccc2S(=O)(=O)C1. The quantitative estimate of drug-likeness (QED) is 0.696. The third-order valence-electron chi connectivity index (χ3n) is 4.90. The molecule has 0 saturated carbocycles. The van der Waals surface area contributed by atoms with Gasteiger partial charge in [0.15, 0.2) is 9.84 Å². The zero-order valence-corrected chi connectivity index (χ0v) is 14.5. The summed E-state index contributed by atoms with van der Waals surface area (Å²) in [7, 11) is -3.33. The Morgan fingerprint density at radius 1 is 1.14 bits per heavy atom. The molecule has 2 nitrogen and oxygen atoms in total. The maximum atomic E-state index is 13.5. The van der Waals surface area contributed by atoms with Gasteiger partial charge in [0.25, 0.3) is 0 Å². The Labute approximate surface area is 134 Å². The minimum Gasteiger partial charge on any atom is -0.224 e. The highest BCUT2D eigenvalue weighted by Crippen LogP contribution is 2.42. The molecule has 0 radical (unpaired) electrons. The van der Waals surface area contributed by atoms with Crippen molar-refractivity contribution in [2.45, 2.75) is 70.1 Å². The number of halogens is 1. The summed E-state index contributed by atoms with van der Waals surface area (Å²) in [6, 6.07) is 4.12. The maximum absolute atomic E-state index is 13.5. The van der Waals surface area contributed by atoms with Crippen molar-refractivity contribution in [3.8, 4) is 0 Å². The summed E-state index contributed by atoms with van der Waals surface area (Å²) in [4.78, 5) is 0.351. The van der Waals surface area contributed by atoms with Crippen molar-refractivity contribution in [3.05, 3.63) is 29.6 Å². The number of sulfone groups is 1. The second-order valence-electron chi connectivity index (χ2n) is 6.72. The van der Waals surface area contributed by atoms with Gasteiger partial charge in [-0.05, 0) is 54.9 Å². The van der Waals surface area contributed by atoms with Crippen molar-refractivity contribution < 1.29 is 12.8 Å². The van der Waals surface area contributed by atoms with Crippen molar-refractivity contribution in [1.29, 1.82) is 0 Å². The summed E-state index contributed by atoms with van der Waals surface area (Å²) in [6.45, 7) is 4.28. The van der Waals surface area contributed by atoms with Gasteiger partial charge in [0.1, 0.15) is 5.82 Å². The van der Waals surface area contributed by atoms with E-state index in [1.807, 2.05) is 0 Å². The second kappa shape index (κ2) is 7.12. The summed E-state index contributed by atoms with van der Waals surface area (Å²) < 4.78 is 39.1. The first-order valence-corrected chi connectivity index (χ1v) is 10.1. The van der Waals surface area contributed by atoms with Gasteiger partial charge >= 0.3 is 0 Å². The van der Waals surface area contributed by atoms with Crippen LogP contribution in [0, 0.1) is 11.2 Å². The third kappa shape index (κ3) is 3.89. The van der Waals surface area contributed by atoms with Crippen molar-refractivity contribution in [2.75, 3.05) is 5.75 Å². The molecule has 1 aliphatic heterocycles. The molecule has 0 spiro atoms. The van der Waals surface area contributed by atoms with Gasteiger partial charge in [-0.25, -0.2) is 12.8 Å². The lowest BCUT2D eigenvalue weighted by molar-refractivity contribution is 0.240. The average molecular weight is 326 g/mol. The first-order valence-electron chi connectivity index (χ1n) is 8.44. The number of aryl methyl sites for hydroxylation is 1. The molecular weight excluding hydrogens is 299 g/mol. The molecular formula is C18H27FO2S. The van der Waals surface area contributed by atoms with Crippen LogP contribution in [0.25, 0.3) is 0 Å². The van der Waals surface area contributed by atoms with E-state index < -0.39 is 9.84 Å². The van der Waals surface area contributed by atoms with E-state index in [2.05, 4.69) is 13.8 Å². The summed E-state index contributed by atoms with van der Waals surface area (Å²) in [5.74, 6) is -0.123. The van der Waals surface area contributed by atoms with E-state index in [0.29, 0.717) is 16.9 Å². The van der Waals surface area contributed by atoms with E-state index in [-0.39, 0.29) is 17.0 Å². The molecule has 0 aromatic heterocycles. The van der Waals surface area contributed by atoms with Gasteiger partial charge in [0.2, 0.25) is 0 Å². The van der Waals surface area contributed by atoms with Gasteiger partial charge in [-0.1, -0.05) is 39.5 Å². The maximum Gasteiger partial charge on any atom is 0.179 e. The zero-order valence-electron chi connectivity index (χ0n) is 13.7. The van der Waals surface area contributed by atoms with Crippen LogP contribution in [0.2, 0.25) is 0 Å². The molecule has 0 N–H and O–H groups in total. The normalized spacial score (nSPS) is 19.4. The molecule has 0 fully saturated rings. The number of hydrogen-bond donors (Lipinski definition) is 0. The van der Waals surface area contributed by atoms with Gasteiger partial charge in [0, 0.05) is 0 Å². The van der Waals surface area contributed by atoms with Gasteiger partial charge < -0.3 is 0 Å². The molecule has 0 amide bonds. The van der Waals surface area contributed by atoms with Crippen LogP contribution < -0.4 is 0 Å². The number of rotatable bonds is 6. The molecule has 1 aromatic rings. The van der Waals surface area contributed by atoms with E-state index in [9.17, 15) is 12.8 Å². The van der Waals surface area contributed by atoms with E-state index in [0.717, 1.165) is 44.9 Å². The number of fused-ring (bicyclic) bond motifs is 1. The van der Waals surface area contributed by atoms with Crippen LogP contribution in [0.4, 0.5) is 4.39 Å². The minimum absolute atomic E-state index is 0.139. The Balaban J connectivity index is 2.37. The van der Waals surface area contributed by atoms with Gasteiger partial charge in [-0.2, -0.15) is 0 Å². The highest BCUT2D eigenvalue weighted by atomic mass is 32.2. The number of hydrogen-bond acceptors (Lipinski definition) is 2. The van der Waals surface area contributed by atoms with E-state index >= 15 is 0 Å². The molecule has 1 aliphatic rings. The lowest BCUT2D eigenvalue weighted by Crippen LogP contribution is -2.29. The summed E-state index contributed by atoms with van der Waals surface area (Å²) in [6.07, 6.45) is 7.71. The lowest BCUT2D eigenvalue weighted by atomic mass is 9.76. The molecule has 1 aromatic carbocycles. The Hall–Kier alpha value is -0.900. The van der Waals surface area contributed by atoms with Crippen LogP contribution in [-0.2, 0) is 16.3 Å². The second-order valence-corrected chi connectivity index (χ2v) is 8.68. The fourth-order valence-corrected chi connectivity index (χ4v) is 5.85. The monoisotopic (exact) mass is 326 g/mol. The van der Waals surface area contributed by atoms with E-state index in [4.69, 9.17) is 0 Å². The van der Waals surface area contributed by atoms with Crippen molar-refractivity contribution in [3.63, 3.8) is 0 Å². The molecule has 22 heavy (non-hydrogen) atoms. The summed E-state index contributed by atoms with van der Waals surface area (Å²) in [5.41, 5.74) is 0.523. The number of benzene rings is 1. The Morgan fingerprint density at radius 2 is 1.77 bits per heavy atom. The van der Waals surface area contributed by atoms with Crippen LogP contribution in [0.15, 0.2) is 23.1 Å². The van der Waals surface area contributed by atoms with Crippen LogP contribution in [0.1, 0.15) is 64.4 Å². The molecule has 124 valence electrons. The predicted octanol–water partition coefficient (Wildman–Crippen LogP) is 4.91. The third-order valence-corrected chi connectivity index (χ3v) is 6.96. The Morgan fingerprint density at radius 3 is 2.36 bits per heavy atom. The van der Waals surface area contributed by atoms with Crippen molar-refractivity contribution in [2.24, 2.45) is 5.41 Å². The van der Waals surface area contributed by atoms with Crippen LogP contribution >= 0.6 is 0 Å². The number of unbranched alkanes of at least 4 members (excludes halogenated alkanes) is 2. The average Bonchev–Trinajstić information content (AvgIpc) is 2.58. The fourth-order valence-electron chi connectivity index (χ4n) is 3.62. The topological polar surface area (TPSA) is 34.1 Å². The Bertz CT molecular complexity index is 600. The van der Waals surface area contributed by atoms with Gasteiger partial charge in [0.05, 0.1) is 10.6 Å². The van der Waals surface area contributed by atoms with E-state index in [1.165, 1.54) is 18.2 Å². The molecule has 0 unspecified atom stereocenters. The highest BCUT2D eigenvalue weighted by Gasteiger charge is 2.38. The zero-order chi connectivity index (χ0) is 16.2. The Kier molecular flexibility index (Phi) is 5.65. The smallest absolute Gasteiger partial charge is 0.179 e. The van der Waals surface area contributed by atoms with E-state index in [1.54, 1.807) is 0 Å². The lowest BCUT2D eigenvalue weighted by Gasteiger charge is -2.32. The molecule has 0 atom stereocenters. The first kappa shape index (κ1) is 17.5. The predicted molar refractivity (Wildman–Crippen MR) is 88.3 cm³/mol. The van der Waals surface area contributed by atoms with Crippen LogP contribution in [0.3, 0.4) is 0 Å². The fraction of sp³-hybridized carbons (Fsp3) is 0.667. The summed E-state index contributed by atoms with van der Waals surface area (Å²) in [5, 5.41) is 0. The van der Waals surface area contributed by atoms with Gasteiger partial charge in [-0.15, -0.1) is 0 Å². The molecule has 2 rings (SSSR count). The molecule has 0 aliphatic carbocycles. The largest absolute Gasteiger partial charge is 0.224 e.